The summed E-state index contributed by atoms with van der Waals surface area (Å²) in [6.45, 7) is 7.08. The summed E-state index contributed by atoms with van der Waals surface area (Å²) in [7, 11) is 3.34. The molecule has 2 unspecified atom stereocenters. The van der Waals surface area contributed by atoms with Gasteiger partial charge in [0.25, 0.3) is 0 Å². The van der Waals surface area contributed by atoms with E-state index in [2.05, 4.69) is 36.2 Å². The molecular formula is C23H27NO3. The van der Waals surface area contributed by atoms with Crippen molar-refractivity contribution in [3.05, 3.63) is 64.7 Å². The molecule has 0 amide bonds. The molecule has 142 valence electrons. The summed E-state index contributed by atoms with van der Waals surface area (Å²) in [5, 5.41) is 3.68. The van der Waals surface area contributed by atoms with Gasteiger partial charge in [-0.15, -0.1) is 0 Å². The van der Waals surface area contributed by atoms with Crippen LogP contribution >= 0.6 is 0 Å². The van der Waals surface area contributed by atoms with Crippen molar-refractivity contribution >= 4 is 0 Å². The maximum absolute atomic E-state index is 6.09. The number of nitrogens with one attached hydrogen (secondary N) is 1. The highest BCUT2D eigenvalue weighted by atomic mass is 16.5. The van der Waals surface area contributed by atoms with Crippen molar-refractivity contribution in [3.8, 4) is 17.2 Å². The van der Waals surface area contributed by atoms with Gasteiger partial charge >= 0.3 is 0 Å². The average molecular weight is 365 g/mol. The zero-order chi connectivity index (χ0) is 19.0. The quantitative estimate of drug-likeness (QED) is 0.813. The van der Waals surface area contributed by atoms with Crippen LogP contribution in [0, 0.1) is 0 Å². The number of hydrogen-bond acceptors (Lipinski definition) is 4. The highest BCUT2D eigenvalue weighted by Crippen LogP contribution is 2.38. The van der Waals surface area contributed by atoms with Gasteiger partial charge in [0.15, 0.2) is 11.5 Å². The number of methoxy groups -OCH3 is 2. The van der Waals surface area contributed by atoms with Crippen LogP contribution in [-0.2, 0) is 19.3 Å². The van der Waals surface area contributed by atoms with Crippen molar-refractivity contribution in [3.63, 3.8) is 0 Å². The summed E-state index contributed by atoms with van der Waals surface area (Å²) in [5.41, 5.74) is 6.39. The lowest BCUT2D eigenvalue weighted by molar-refractivity contribution is 0.270. The zero-order valence-electron chi connectivity index (χ0n) is 16.3. The Kier molecular flexibility index (Phi) is 4.83. The first-order valence-electron chi connectivity index (χ1n) is 9.51. The molecule has 2 heterocycles. The minimum atomic E-state index is 0.112. The lowest BCUT2D eigenvalue weighted by Crippen LogP contribution is -2.31. The molecule has 2 atom stereocenters. The Morgan fingerprint density at radius 1 is 1.15 bits per heavy atom. The van der Waals surface area contributed by atoms with Gasteiger partial charge in [-0.05, 0) is 72.3 Å². The standard InChI is InChI=1S/C23H27NO3/c1-14(2)21-13-17-11-18-16(12-22(17)27-21)7-8-24-19(18)9-15-5-6-20(25-3)23(10-15)26-4/h5-6,10-12,19,21,24H,1,7-9,13H2,2-4H3. The maximum Gasteiger partial charge on any atom is 0.160 e. The van der Waals surface area contributed by atoms with E-state index >= 15 is 0 Å². The first-order valence-corrected chi connectivity index (χ1v) is 9.51. The molecule has 0 spiro atoms. The van der Waals surface area contributed by atoms with E-state index in [4.69, 9.17) is 14.2 Å². The van der Waals surface area contributed by atoms with Crippen molar-refractivity contribution in [1.82, 2.24) is 5.32 Å². The van der Waals surface area contributed by atoms with Gasteiger partial charge in [0, 0.05) is 12.5 Å². The second-order valence-electron chi connectivity index (χ2n) is 7.47. The lowest BCUT2D eigenvalue weighted by atomic mass is 9.88. The van der Waals surface area contributed by atoms with E-state index in [1.54, 1.807) is 14.2 Å². The summed E-state index contributed by atoms with van der Waals surface area (Å²) >= 11 is 0. The fourth-order valence-corrected chi connectivity index (χ4v) is 4.08. The second kappa shape index (κ2) is 7.28. The summed E-state index contributed by atoms with van der Waals surface area (Å²) < 4.78 is 16.9. The van der Waals surface area contributed by atoms with E-state index in [0.717, 1.165) is 48.6 Å². The lowest BCUT2D eigenvalue weighted by Gasteiger charge is -2.28. The minimum Gasteiger partial charge on any atom is -0.493 e. The van der Waals surface area contributed by atoms with Gasteiger partial charge in [0.1, 0.15) is 11.9 Å². The molecule has 0 aliphatic carbocycles. The van der Waals surface area contributed by atoms with Gasteiger partial charge in [0.2, 0.25) is 0 Å². The fraction of sp³-hybridized carbons (Fsp3) is 0.391. The molecule has 2 aliphatic heterocycles. The highest BCUT2D eigenvalue weighted by molar-refractivity contribution is 5.49. The van der Waals surface area contributed by atoms with Crippen LogP contribution in [0.4, 0.5) is 0 Å². The smallest absolute Gasteiger partial charge is 0.160 e. The SMILES string of the molecule is C=C(C)C1Cc2cc3c(cc2O1)CCNC3Cc1ccc(OC)c(OC)c1. The van der Waals surface area contributed by atoms with E-state index in [0.29, 0.717) is 6.04 Å². The third-order valence-electron chi connectivity index (χ3n) is 5.59. The number of hydrogen-bond donors (Lipinski definition) is 1. The molecule has 0 aromatic heterocycles. The van der Waals surface area contributed by atoms with Crippen LogP contribution in [0.5, 0.6) is 17.2 Å². The molecule has 0 fully saturated rings. The Balaban J connectivity index is 1.61. The molecule has 4 heteroatoms. The van der Waals surface area contributed by atoms with Gasteiger partial charge in [-0.1, -0.05) is 18.7 Å². The first-order chi connectivity index (χ1) is 13.1. The molecule has 4 nitrogen and oxygen atoms in total. The molecule has 4 rings (SSSR count). The predicted octanol–water partition coefficient (Wildman–Crippen LogP) is 4.01. The van der Waals surface area contributed by atoms with Crippen molar-refractivity contribution < 1.29 is 14.2 Å². The van der Waals surface area contributed by atoms with Crippen LogP contribution in [0.2, 0.25) is 0 Å². The molecule has 0 saturated carbocycles. The Bertz CT molecular complexity index is 874. The number of benzene rings is 2. The molecular weight excluding hydrogens is 338 g/mol. The number of fused-ring (bicyclic) bond motifs is 2. The summed E-state index contributed by atoms with van der Waals surface area (Å²) in [4.78, 5) is 0. The average Bonchev–Trinajstić information content (AvgIpc) is 3.10. The van der Waals surface area contributed by atoms with Crippen LogP contribution in [0.25, 0.3) is 0 Å². The van der Waals surface area contributed by atoms with E-state index in [1.165, 1.54) is 22.3 Å². The molecule has 2 aliphatic rings. The molecule has 0 bridgehead atoms. The van der Waals surface area contributed by atoms with Gasteiger partial charge < -0.3 is 19.5 Å². The Morgan fingerprint density at radius 3 is 2.70 bits per heavy atom. The largest absolute Gasteiger partial charge is 0.493 e. The van der Waals surface area contributed by atoms with E-state index < -0.39 is 0 Å². The fourth-order valence-electron chi connectivity index (χ4n) is 4.08. The maximum atomic E-state index is 6.09. The van der Waals surface area contributed by atoms with Crippen LogP contribution in [-0.4, -0.2) is 26.9 Å². The van der Waals surface area contributed by atoms with Gasteiger partial charge in [-0.25, -0.2) is 0 Å². The van der Waals surface area contributed by atoms with Crippen molar-refractivity contribution in [2.45, 2.75) is 38.3 Å². The van der Waals surface area contributed by atoms with Crippen LogP contribution in [0.3, 0.4) is 0 Å². The van der Waals surface area contributed by atoms with Crippen LogP contribution in [0.15, 0.2) is 42.5 Å². The van der Waals surface area contributed by atoms with Gasteiger partial charge in [-0.3, -0.25) is 0 Å². The molecule has 0 saturated heterocycles. The first kappa shape index (κ1) is 17.9. The molecule has 1 N–H and O–H groups in total. The normalized spacial score (nSPS) is 20.4. The van der Waals surface area contributed by atoms with E-state index in [9.17, 15) is 0 Å². The monoisotopic (exact) mass is 365 g/mol. The van der Waals surface area contributed by atoms with Crippen molar-refractivity contribution in [1.29, 1.82) is 0 Å². The third-order valence-corrected chi connectivity index (χ3v) is 5.59. The molecule has 0 radical (unpaired) electrons. The summed E-state index contributed by atoms with van der Waals surface area (Å²) in [5.74, 6) is 2.57. The topological polar surface area (TPSA) is 39.7 Å². The van der Waals surface area contributed by atoms with Crippen molar-refractivity contribution in [2.75, 3.05) is 20.8 Å². The van der Waals surface area contributed by atoms with Crippen molar-refractivity contribution in [2.24, 2.45) is 0 Å². The minimum absolute atomic E-state index is 0.112. The van der Waals surface area contributed by atoms with Gasteiger partial charge in [0.05, 0.1) is 14.2 Å². The van der Waals surface area contributed by atoms with Crippen LogP contribution in [0.1, 0.15) is 35.2 Å². The molecule has 2 aromatic carbocycles. The Hall–Kier alpha value is -2.46. The second-order valence-corrected chi connectivity index (χ2v) is 7.47. The van der Waals surface area contributed by atoms with E-state index in [-0.39, 0.29) is 6.10 Å². The zero-order valence-corrected chi connectivity index (χ0v) is 16.3. The van der Waals surface area contributed by atoms with E-state index in [1.807, 2.05) is 13.0 Å². The van der Waals surface area contributed by atoms with Crippen LogP contribution < -0.4 is 19.5 Å². The summed E-state index contributed by atoms with van der Waals surface area (Å²) in [6.07, 6.45) is 2.98. The predicted molar refractivity (Wildman–Crippen MR) is 107 cm³/mol. The molecule has 27 heavy (non-hydrogen) atoms. The number of rotatable bonds is 5. The van der Waals surface area contributed by atoms with Gasteiger partial charge in [-0.2, -0.15) is 0 Å². The third kappa shape index (κ3) is 3.42. The summed E-state index contributed by atoms with van der Waals surface area (Å²) in [6, 6.07) is 11.0. The molecule has 2 aromatic rings. The Labute approximate surface area is 161 Å². The highest BCUT2D eigenvalue weighted by Gasteiger charge is 2.28. The number of ether oxygens (including phenoxy) is 3. The Morgan fingerprint density at radius 2 is 1.96 bits per heavy atom.